The summed E-state index contributed by atoms with van der Waals surface area (Å²) in [7, 11) is 0. The van der Waals surface area contributed by atoms with Gasteiger partial charge in [-0.3, -0.25) is 13.7 Å². The number of rotatable bonds is 7. The number of fused-ring (bicyclic) bond motifs is 1. The first-order valence-electron chi connectivity index (χ1n) is 12.5. The van der Waals surface area contributed by atoms with Gasteiger partial charge in [0.25, 0.3) is 11.3 Å². The molecule has 1 aliphatic rings. The predicted molar refractivity (Wildman–Crippen MR) is 153 cm³/mol. The van der Waals surface area contributed by atoms with Crippen LogP contribution in [0.4, 0.5) is 23.0 Å². The largest absolute Gasteiger partial charge is 0.368 e. The summed E-state index contributed by atoms with van der Waals surface area (Å²) in [5, 5.41) is 4.26. The van der Waals surface area contributed by atoms with E-state index in [-0.39, 0.29) is 5.91 Å². The molecule has 4 aromatic rings. The Labute approximate surface area is 224 Å². The Morgan fingerprint density at radius 1 is 1.05 bits per heavy atom. The highest BCUT2D eigenvalue weighted by Crippen LogP contribution is 2.30. The Morgan fingerprint density at radius 2 is 1.79 bits per heavy atom. The minimum Gasteiger partial charge on any atom is -0.368 e. The molecule has 2 N–H and O–H groups in total. The fourth-order valence-corrected chi connectivity index (χ4v) is 5.25. The van der Waals surface area contributed by atoms with Crippen LogP contribution in [0, 0.1) is 0 Å². The van der Waals surface area contributed by atoms with E-state index in [1.165, 1.54) is 4.31 Å². The van der Waals surface area contributed by atoms with Crippen LogP contribution in [0.3, 0.4) is 0 Å². The van der Waals surface area contributed by atoms with Crippen molar-refractivity contribution >= 4 is 51.1 Å². The van der Waals surface area contributed by atoms with Crippen molar-refractivity contribution in [2.75, 3.05) is 47.2 Å². The number of nitrogens with zero attached hydrogens (tertiary/aromatic N) is 5. The predicted octanol–water partition coefficient (Wildman–Crippen LogP) is 4.67. The van der Waals surface area contributed by atoms with E-state index >= 15 is 0 Å². The van der Waals surface area contributed by atoms with Gasteiger partial charge >= 0.3 is 0 Å². The lowest BCUT2D eigenvalue weighted by atomic mass is 10.0. The molecule has 196 valence electrons. The molecule has 0 bridgehead atoms. The molecule has 0 aliphatic carbocycles. The van der Waals surface area contributed by atoms with E-state index in [1.807, 2.05) is 66.4 Å². The number of carbonyl (C=O) groups is 1. The molecule has 38 heavy (non-hydrogen) atoms. The van der Waals surface area contributed by atoms with Crippen LogP contribution >= 0.6 is 0 Å². The van der Waals surface area contributed by atoms with Crippen molar-refractivity contribution in [2.45, 2.75) is 13.8 Å². The first kappa shape index (κ1) is 25.6. The normalized spacial score (nSPS) is 14.4. The van der Waals surface area contributed by atoms with E-state index in [0.717, 1.165) is 59.6 Å². The number of piperazine rings is 1. The number of nitrogens with one attached hydrogen (secondary N) is 1. The Morgan fingerprint density at radius 3 is 2.47 bits per heavy atom. The van der Waals surface area contributed by atoms with Crippen molar-refractivity contribution in [1.29, 1.82) is 0 Å². The summed E-state index contributed by atoms with van der Waals surface area (Å²) in [6.45, 7) is 6.91. The van der Waals surface area contributed by atoms with E-state index in [0.29, 0.717) is 18.2 Å². The van der Waals surface area contributed by atoms with Gasteiger partial charge < -0.3 is 15.1 Å². The number of hydrogen-bond acceptors (Lipinski definition) is 6. The molecule has 1 aliphatic heterocycles. The monoisotopic (exact) mass is 530 g/mol. The average molecular weight is 531 g/mol. The molecule has 1 unspecified atom stereocenters. The van der Waals surface area contributed by atoms with Gasteiger partial charge in [-0.2, -0.15) is 0 Å². The van der Waals surface area contributed by atoms with E-state index < -0.39 is 11.3 Å². The summed E-state index contributed by atoms with van der Waals surface area (Å²) in [6, 6.07) is 21.6. The number of aromatic nitrogens is 2. The van der Waals surface area contributed by atoms with Crippen molar-refractivity contribution in [1.82, 2.24) is 14.9 Å². The second-order valence-corrected chi connectivity index (χ2v) is 9.98. The lowest BCUT2D eigenvalue weighted by Gasteiger charge is -2.35. The van der Waals surface area contributed by atoms with Gasteiger partial charge in [0, 0.05) is 68.2 Å². The summed E-state index contributed by atoms with van der Waals surface area (Å²) in [6.07, 6.45) is 1.81. The molecule has 9 nitrogen and oxygen atoms in total. The minimum atomic E-state index is -2.07. The third-order valence-corrected chi connectivity index (χ3v) is 7.59. The highest BCUT2D eigenvalue weighted by Gasteiger charge is 2.19. The van der Waals surface area contributed by atoms with Crippen molar-refractivity contribution in [3.8, 4) is 11.1 Å². The van der Waals surface area contributed by atoms with Crippen LogP contribution in [-0.2, 0) is 16.1 Å². The van der Waals surface area contributed by atoms with Gasteiger partial charge in [-0.25, -0.2) is 14.2 Å². The summed E-state index contributed by atoms with van der Waals surface area (Å²) < 4.78 is 22.5. The Balaban J connectivity index is 1.38. The van der Waals surface area contributed by atoms with Crippen molar-refractivity contribution in [2.24, 2.45) is 0 Å². The van der Waals surface area contributed by atoms with Gasteiger partial charge in [0.05, 0.1) is 11.2 Å². The number of amides is 1. The fraction of sp³-hybridized carbons (Fsp3) is 0.250. The summed E-state index contributed by atoms with van der Waals surface area (Å²) in [4.78, 5) is 25.2. The first-order chi connectivity index (χ1) is 18.4. The third kappa shape index (κ3) is 5.46. The number of anilines is 4. The lowest BCUT2D eigenvalue weighted by molar-refractivity contribution is -0.129. The highest BCUT2D eigenvalue weighted by molar-refractivity contribution is 7.80. The first-order valence-corrected chi connectivity index (χ1v) is 13.6. The average Bonchev–Trinajstić information content (AvgIpc) is 2.93. The Bertz CT molecular complexity index is 1470. The molecular weight excluding hydrogens is 500 g/mol. The van der Waals surface area contributed by atoms with Gasteiger partial charge in [0.2, 0.25) is 11.9 Å². The maximum Gasteiger partial charge on any atom is 0.261 e. The zero-order chi connectivity index (χ0) is 26.6. The van der Waals surface area contributed by atoms with Gasteiger partial charge in [-0.15, -0.1) is 0 Å². The van der Waals surface area contributed by atoms with Crippen LogP contribution < -0.4 is 14.5 Å². The van der Waals surface area contributed by atoms with Crippen LogP contribution in [0.15, 0.2) is 72.9 Å². The van der Waals surface area contributed by atoms with Crippen molar-refractivity contribution < 1.29 is 13.6 Å². The number of benzene rings is 3. The number of para-hydroxylation sites is 1. The van der Waals surface area contributed by atoms with E-state index in [9.17, 15) is 13.6 Å². The molecule has 1 fully saturated rings. The molecular formula is C28H30N6O3S. The molecule has 1 atom stereocenters. The van der Waals surface area contributed by atoms with E-state index in [4.69, 9.17) is 4.98 Å². The number of carbonyl (C=O) groups excluding carboxylic acids is 1. The van der Waals surface area contributed by atoms with Gasteiger partial charge in [0.15, 0.2) is 0 Å². The number of hydrogen-bond donors (Lipinski definition) is 2. The zero-order valence-electron chi connectivity index (χ0n) is 21.4. The van der Waals surface area contributed by atoms with Gasteiger partial charge in [-0.1, -0.05) is 36.4 Å². The molecule has 0 radical (unpaired) electrons. The summed E-state index contributed by atoms with van der Waals surface area (Å²) in [5.41, 5.74) is 5.36. The smallest absolute Gasteiger partial charge is 0.261 e. The third-order valence-electron chi connectivity index (χ3n) is 6.75. The standard InChI is InChI=1S/C28H30N6O3S/c1-3-34(38(36)37)24-12-10-21(11-13-24)26-9-4-6-22-19-29-28(31-27(22)26)30-23-7-5-8-25(18-23)33-16-14-32(15-17-33)20(2)35/h4-13,18-19H,3,14-17H2,1-2H3,(H,36,37)(H,29,30,31). The maximum atomic E-state index is 11.6. The topological polar surface area (TPSA) is 102 Å². The molecule has 10 heteroatoms. The van der Waals surface area contributed by atoms with Crippen LogP contribution in [0.1, 0.15) is 13.8 Å². The second kappa shape index (κ2) is 11.2. The molecule has 0 spiro atoms. The molecule has 3 aromatic carbocycles. The zero-order valence-corrected chi connectivity index (χ0v) is 22.2. The van der Waals surface area contributed by atoms with Crippen LogP contribution in [0.25, 0.3) is 22.0 Å². The van der Waals surface area contributed by atoms with Gasteiger partial charge in [0.1, 0.15) is 0 Å². The Hall–Kier alpha value is -4.02. The Kier molecular flexibility index (Phi) is 7.52. The maximum absolute atomic E-state index is 11.6. The molecule has 1 amide bonds. The van der Waals surface area contributed by atoms with Crippen molar-refractivity contribution in [3.63, 3.8) is 0 Å². The lowest BCUT2D eigenvalue weighted by Crippen LogP contribution is -2.48. The molecule has 2 heterocycles. The molecule has 5 rings (SSSR count). The van der Waals surface area contributed by atoms with E-state index in [1.54, 1.807) is 13.1 Å². The highest BCUT2D eigenvalue weighted by atomic mass is 32.2. The quantitative estimate of drug-likeness (QED) is 0.335. The van der Waals surface area contributed by atoms with Crippen LogP contribution in [0.2, 0.25) is 0 Å². The van der Waals surface area contributed by atoms with Crippen LogP contribution in [0.5, 0.6) is 0 Å². The van der Waals surface area contributed by atoms with Gasteiger partial charge in [-0.05, 0) is 42.8 Å². The molecule has 0 saturated carbocycles. The summed E-state index contributed by atoms with van der Waals surface area (Å²) >= 11 is -2.07. The van der Waals surface area contributed by atoms with Crippen LogP contribution in [-0.4, -0.2) is 62.3 Å². The molecule has 1 aromatic heterocycles. The SMILES string of the molecule is CCN(c1ccc(-c2cccc3cnc(Nc4cccc(N5CCN(C(C)=O)CC5)c4)nc23)cc1)S(=O)O. The molecule has 1 saturated heterocycles. The van der Waals surface area contributed by atoms with E-state index in [2.05, 4.69) is 27.3 Å². The fourth-order valence-electron chi connectivity index (χ4n) is 4.73. The summed E-state index contributed by atoms with van der Waals surface area (Å²) in [5.74, 6) is 0.612. The minimum absolute atomic E-state index is 0.119. The van der Waals surface area contributed by atoms with Crippen molar-refractivity contribution in [3.05, 3.63) is 72.9 Å². The second-order valence-electron chi connectivity index (χ2n) is 9.08.